The molecule has 43 heavy (non-hydrogen) atoms. The van der Waals surface area contributed by atoms with Crippen molar-refractivity contribution in [1.82, 2.24) is 15.6 Å². The van der Waals surface area contributed by atoms with Gasteiger partial charge >= 0.3 is 5.97 Å². The highest BCUT2D eigenvalue weighted by Gasteiger charge is 2.25. The second-order valence-electron chi connectivity index (χ2n) is 10.1. The zero-order valence-electron chi connectivity index (χ0n) is 26.4. The Bertz CT molecular complexity index is 1100. The van der Waals surface area contributed by atoms with E-state index in [1.54, 1.807) is 32.2 Å². The average molecular weight is 590 g/mol. The van der Waals surface area contributed by atoms with Crippen LogP contribution < -0.4 is 10.6 Å². The van der Waals surface area contributed by atoms with Gasteiger partial charge in [-0.2, -0.15) is 0 Å². The van der Waals surface area contributed by atoms with Gasteiger partial charge in [0.25, 0.3) is 5.91 Å². The lowest BCUT2D eigenvalue weighted by Gasteiger charge is -2.25. The Morgan fingerprint density at radius 2 is 1.33 bits per heavy atom. The molecule has 2 amide bonds. The minimum Gasteiger partial charge on any atom is -0.459 e. The molecule has 2 N–H and O–H groups in total. The van der Waals surface area contributed by atoms with Crippen molar-refractivity contribution >= 4 is 17.8 Å². The van der Waals surface area contributed by atoms with Gasteiger partial charge in [-0.05, 0) is 77.3 Å². The number of esters is 1. The highest BCUT2D eigenvalue weighted by atomic mass is 16.5. The summed E-state index contributed by atoms with van der Waals surface area (Å²) in [6.07, 6.45) is 35.4. The summed E-state index contributed by atoms with van der Waals surface area (Å²) < 4.78 is 5.53. The number of ether oxygens (including phenoxy) is 1. The third-order valence-corrected chi connectivity index (χ3v) is 6.41. The highest BCUT2D eigenvalue weighted by Crippen LogP contribution is 2.08. The van der Waals surface area contributed by atoms with Gasteiger partial charge < -0.3 is 15.4 Å². The van der Waals surface area contributed by atoms with E-state index in [2.05, 4.69) is 83.3 Å². The van der Waals surface area contributed by atoms with Crippen LogP contribution in [0.3, 0.4) is 0 Å². The van der Waals surface area contributed by atoms with Gasteiger partial charge in [-0.25, -0.2) is 4.79 Å². The quantitative estimate of drug-likeness (QED) is 0.114. The molecule has 3 atom stereocenters. The Morgan fingerprint density at radius 1 is 0.791 bits per heavy atom. The van der Waals surface area contributed by atoms with Crippen LogP contribution >= 0.6 is 0 Å². The first kappa shape index (κ1) is 37.0. The number of hydrogen-bond acceptors (Lipinski definition) is 5. The van der Waals surface area contributed by atoms with Crippen molar-refractivity contribution in [3.05, 3.63) is 103 Å². The van der Waals surface area contributed by atoms with Crippen LogP contribution in [-0.4, -0.2) is 41.0 Å². The fraction of sp³-hybridized carbons (Fsp3) is 0.444. The maximum absolute atomic E-state index is 12.5. The van der Waals surface area contributed by atoms with Crippen molar-refractivity contribution < 1.29 is 19.1 Å². The molecule has 7 heteroatoms. The van der Waals surface area contributed by atoms with Crippen LogP contribution in [0.15, 0.2) is 97.4 Å². The third kappa shape index (κ3) is 18.9. The monoisotopic (exact) mass is 589 g/mol. The molecule has 1 rings (SSSR count). The molecule has 0 aliphatic heterocycles. The number of pyridine rings is 1. The van der Waals surface area contributed by atoms with Gasteiger partial charge in [-0.1, -0.05) is 86.8 Å². The topological polar surface area (TPSA) is 97.4 Å². The summed E-state index contributed by atoms with van der Waals surface area (Å²) in [7, 11) is 0. The lowest BCUT2D eigenvalue weighted by molar-refractivity contribution is -0.153. The molecule has 1 heterocycles. The second kappa shape index (κ2) is 24.6. The van der Waals surface area contributed by atoms with Crippen molar-refractivity contribution in [2.75, 3.05) is 0 Å². The molecule has 0 aromatic carbocycles. The molecule has 0 saturated heterocycles. The maximum atomic E-state index is 12.5. The van der Waals surface area contributed by atoms with Gasteiger partial charge in [-0.3, -0.25) is 14.6 Å². The summed E-state index contributed by atoms with van der Waals surface area (Å²) in [5.74, 6) is -1.03. The number of carbonyl (C=O) groups is 3. The van der Waals surface area contributed by atoms with E-state index < -0.39 is 18.1 Å². The fourth-order valence-corrected chi connectivity index (χ4v) is 3.89. The zero-order chi connectivity index (χ0) is 31.5. The summed E-state index contributed by atoms with van der Waals surface area (Å²) >= 11 is 0. The summed E-state index contributed by atoms with van der Waals surface area (Å²) in [5, 5.41) is 5.57. The van der Waals surface area contributed by atoms with Crippen LogP contribution in [0.4, 0.5) is 0 Å². The van der Waals surface area contributed by atoms with E-state index in [1.807, 2.05) is 19.1 Å². The summed E-state index contributed by atoms with van der Waals surface area (Å²) in [4.78, 5) is 41.2. The van der Waals surface area contributed by atoms with E-state index >= 15 is 0 Å². The number of nitrogens with one attached hydrogen (secondary N) is 2. The van der Waals surface area contributed by atoms with E-state index in [4.69, 9.17) is 4.74 Å². The van der Waals surface area contributed by atoms with Gasteiger partial charge in [0.05, 0.1) is 11.6 Å². The maximum Gasteiger partial charge on any atom is 0.328 e. The van der Waals surface area contributed by atoms with E-state index in [1.165, 1.54) is 6.20 Å². The number of amides is 2. The minimum atomic E-state index is -0.785. The minimum absolute atomic E-state index is 0.214. The molecule has 0 spiro atoms. The van der Waals surface area contributed by atoms with Crippen molar-refractivity contribution in [1.29, 1.82) is 0 Å². The molecular weight excluding hydrogens is 538 g/mol. The van der Waals surface area contributed by atoms with Crippen LogP contribution in [0.1, 0.15) is 95.8 Å². The van der Waals surface area contributed by atoms with Crippen molar-refractivity contribution in [2.24, 2.45) is 0 Å². The zero-order valence-corrected chi connectivity index (χ0v) is 26.4. The Kier molecular flexibility index (Phi) is 21.2. The highest BCUT2D eigenvalue weighted by molar-refractivity contribution is 5.94. The van der Waals surface area contributed by atoms with E-state index in [-0.39, 0.29) is 24.3 Å². The average Bonchev–Trinajstić information content (AvgIpc) is 3.01. The number of rotatable bonds is 21. The van der Waals surface area contributed by atoms with Crippen LogP contribution in [0.5, 0.6) is 0 Å². The van der Waals surface area contributed by atoms with Crippen LogP contribution in [-0.2, 0) is 14.3 Å². The van der Waals surface area contributed by atoms with Crippen LogP contribution in [0.25, 0.3) is 0 Å². The van der Waals surface area contributed by atoms with E-state index in [9.17, 15) is 14.4 Å². The lowest BCUT2D eigenvalue weighted by atomic mass is 10.1. The molecule has 0 radical (unpaired) electrons. The first-order chi connectivity index (χ1) is 20.9. The molecule has 0 aliphatic carbocycles. The number of aromatic nitrogens is 1. The largest absolute Gasteiger partial charge is 0.459 e. The summed E-state index contributed by atoms with van der Waals surface area (Å²) in [6.45, 7) is 7.37. The SMILES string of the molecule is CC/C=C\C/C=C\C/C=C\C/C=C\C/C=C\C/C=C\CCC(=O)N[C@@H](C)C(=O)O[C@H](C)[C@H](CC)NC(=O)c1cccnc1. The summed E-state index contributed by atoms with van der Waals surface area (Å²) in [6, 6.07) is 2.20. The third-order valence-electron chi connectivity index (χ3n) is 6.41. The van der Waals surface area contributed by atoms with Gasteiger partial charge in [0.15, 0.2) is 0 Å². The second-order valence-corrected chi connectivity index (χ2v) is 10.1. The Hall–Kier alpha value is -4.00. The first-order valence-electron chi connectivity index (χ1n) is 15.5. The lowest BCUT2D eigenvalue weighted by Crippen LogP contribution is -2.46. The van der Waals surface area contributed by atoms with Crippen molar-refractivity contribution in [3.63, 3.8) is 0 Å². The van der Waals surface area contributed by atoms with Gasteiger partial charge in [0.1, 0.15) is 12.1 Å². The number of allylic oxidation sites excluding steroid dienone is 12. The number of nitrogens with zero attached hydrogens (tertiary/aromatic N) is 1. The molecule has 0 fully saturated rings. The van der Waals surface area contributed by atoms with Gasteiger partial charge in [0, 0.05) is 18.8 Å². The smallest absolute Gasteiger partial charge is 0.328 e. The van der Waals surface area contributed by atoms with Gasteiger partial charge in [0.2, 0.25) is 5.91 Å². The predicted molar refractivity (Wildman–Crippen MR) is 176 cm³/mol. The molecule has 7 nitrogen and oxygen atoms in total. The van der Waals surface area contributed by atoms with E-state index in [0.29, 0.717) is 18.4 Å². The van der Waals surface area contributed by atoms with Crippen LogP contribution in [0, 0.1) is 0 Å². The first-order valence-corrected chi connectivity index (χ1v) is 15.5. The normalized spacial score (nSPS) is 14.3. The molecular formula is C36H51N3O4. The Labute approximate surface area is 259 Å². The van der Waals surface area contributed by atoms with Crippen molar-refractivity contribution in [2.45, 2.75) is 104 Å². The molecule has 0 bridgehead atoms. The summed E-state index contributed by atoms with van der Waals surface area (Å²) in [5.41, 5.74) is 0.437. The Balaban J connectivity index is 2.19. The molecule has 1 aromatic rings. The molecule has 234 valence electrons. The van der Waals surface area contributed by atoms with Gasteiger partial charge in [-0.15, -0.1) is 0 Å². The number of hydrogen-bond donors (Lipinski definition) is 2. The predicted octanol–water partition coefficient (Wildman–Crippen LogP) is 7.50. The molecule has 0 unspecified atom stereocenters. The van der Waals surface area contributed by atoms with Crippen LogP contribution in [0.2, 0.25) is 0 Å². The Morgan fingerprint density at radius 3 is 1.81 bits per heavy atom. The standard InChI is InChI=1S/C36H51N3O4/c1-5-7-8-9-10-11-12-13-14-15-16-17-18-19-20-21-22-23-24-27-34(40)38-30(3)36(42)43-31(4)33(6-2)39-35(41)32-26-25-28-37-29-32/h7-8,10-11,13-14,16-17,19-20,22-23,25-26,28-31,33H,5-6,9,12,15,18,21,24,27H2,1-4H3,(H,38,40)(H,39,41)/b8-7-,11-10-,14-13-,17-16-,20-19-,23-22-/t30-,31+,33-/m0/s1. The van der Waals surface area contributed by atoms with Crippen molar-refractivity contribution in [3.8, 4) is 0 Å². The number of carbonyl (C=O) groups excluding carboxylic acids is 3. The molecule has 0 saturated carbocycles. The van der Waals surface area contributed by atoms with E-state index in [0.717, 1.165) is 38.5 Å². The molecule has 0 aliphatic rings. The fourth-order valence-electron chi connectivity index (χ4n) is 3.89. The molecule has 1 aromatic heterocycles.